The average molecular weight is 191 g/mol. The Morgan fingerprint density at radius 1 is 1.25 bits per heavy atom. The van der Waals surface area contributed by atoms with Gasteiger partial charge in [0.15, 0.2) is 0 Å². The predicted octanol–water partition coefficient (Wildman–Crippen LogP) is 1.66. The molecule has 0 aliphatic heterocycles. The Morgan fingerprint density at radius 2 is 1.75 bits per heavy atom. The van der Waals surface area contributed by atoms with Crippen LogP contribution in [0.15, 0.2) is 0 Å². The van der Waals surface area contributed by atoms with Gasteiger partial charge in [-0.05, 0) is 31.6 Å². The largest absolute Gasteiger partial charge is 0.285 e. The molecule has 1 rings (SSSR count). The first-order chi connectivity index (χ1) is 5.54. The molecule has 0 heterocycles. The van der Waals surface area contributed by atoms with Gasteiger partial charge in [0.05, 0.1) is 5.25 Å². The lowest BCUT2D eigenvalue weighted by Crippen LogP contribution is -2.26. The van der Waals surface area contributed by atoms with Crippen molar-refractivity contribution in [1.82, 2.24) is 0 Å². The highest BCUT2D eigenvalue weighted by Crippen LogP contribution is 2.29. The summed E-state index contributed by atoms with van der Waals surface area (Å²) in [6.07, 6.45) is 3.83. The molecule has 0 atom stereocenters. The van der Waals surface area contributed by atoms with E-state index >= 15 is 0 Å². The van der Waals surface area contributed by atoms with E-state index in [-0.39, 0.29) is 0 Å². The molecule has 0 saturated heterocycles. The van der Waals surface area contributed by atoms with E-state index in [1.165, 1.54) is 0 Å². The highest BCUT2D eigenvalue weighted by molar-refractivity contribution is 7.86. The summed E-state index contributed by atoms with van der Waals surface area (Å²) in [6, 6.07) is 0. The third-order valence-electron chi connectivity index (χ3n) is 2.62. The second kappa shape index (κ2) is 3.75. The van der Waals surface area contributed by atoms with Gasteiger partial charge in [-0.15, -0.1) is 0 Å². The minimum absolute atomic E-state index is 0.514. The van der Waals surface area contributed by atoms with E-state index in [0.717, 1.165) is 19.3 Å². The van der Waals surface area contributed by atoms with Crippen molar-refractivity contribution < 1.29 is 13.0 Å². The first-order valence-corrected chi connectivity index (χ1v) is 5.80. The first-order valence-electron chi connectivity index (χ1n) is 4.29. The molecule has 4 heteroatoms. The quantitative estimate of drug-likeness (QED) is 0.675. The van der Waals surface area contributed by atoms with E-state index in [0.29, 0.717) is 18.8 Å². The van der Waals surface area contributed by atoms with Gasteiger partial charge in [-0.25, -0.2) is 0 Å². The summed E-state index contributed by atoms with van der Waals surface area (Å²) in [4.78, 5) is 0. The standard InChI is InChI=1S/C8H15O3S/c1-2-7-3-5-8(6-4-7)12(9,10)11/h7-8H,1-6H2,(H,9,10,11). The van der Waals surface area contributed by atoms with Gasteiger partial charge in [0, 0.05) is 0 Å². The Labute approximate surface area is 73.9 Å². The summed E-state index contributed by atoms with van der Waals surface area (Å²) in [6.45, 7) is 3.78. The maximum absolute atomic E-state index is 10.7. The van der Waals surface area contributed by atoms with Gasteiger partial charge in [-0.2, -0.15) is 8.42 Å². The van der Waals surface area contributed by atoms with Crippen molar-refractivity contribution in [3.63, 3.8) is 0 Å². The summed E-state index contributed by atoms with van der Waals surface area (Å²) >= 11 is 0. The van der Waals surface area contributed by atoms with Crippen LogP contribution in [0.1, 0.15) is 32.1 Å². The SMILES string of the molecule is [CH2]CC1CCC(S(=O)(=O)O)CC1. The van der Waals surface area contributed by atoms with Crippen LogP contribution in [-0.2, 0) is 10.1 Å². The van der Waals surface area contributed by atoms with E-state index in [1.807, 2.05) is 0 Å². The fraction of sp³-hybridized carbons (Fsp3) is 0.875. The summed E-state index contributed by atoms with van der Waals surface area (Å²) in [5, 5.41) is -0.514. The maximum Gasteiger partial charge on any atom is 0.267 e. The molecule has 1 radical (unpaired) electrons. The first kappa shape index (κ1) is 9.99. The third kappa shape index (κ3) is 2.45. The van der Waals surface area contributed by atoms with Crippen LogP contribution < -0.4 is 0 Å². The highest BCUT2D eigenvalue weighted by atomic mass is 32.2. The van der Waals surface area contributed by atoms with Crippen molar-refractivity contribution in [2.45, 2.75) is 37.4 Å². The van der Waals surface area contributed by atoms with E-state index in [1.54, 1.807) is 0 Å². The van der Waals surface area contributed by atoms with Gasteiger partial charge in [-0.1, -0.05) is 13.3 Å². The second-order valence-corrected chi connectivity index (χ2v) is 5.14. The smallest absolute Gasteiger partial charge is 0.267 e. The molecule has 0 aromatic carbocycles. The van der Waals surface area contributed by atoms with Gasteiger partial charge in [0.1, 0.15) is 0 Å². The van der Waals surface area contributed by atoms with Crippen LogP contribution in [0.25, 0.3) is 0 Å². The fourth-order valence-corrected chi connectivity index (χ4v) is 2.59. The van der Waals surface area contributed by atoms with Crippen molar-refractivity contribution >= 4 is 10.1 Å². The minimum Gasteiger partial charge on any atom is -0.285 e. The zero-order valence-corrected chi connectivity index (χ0v) is 7.89. The van der Waals surface area contributed by atoms with Crippen LogP contribution in [-0.4, -0.2) is 18.2 Å². The Balaban J connectivity index is 2.47. The van der Waals surface area contributed by atoms with Gasteiger partial charge >= 0.3 is 0 Å². The molecule has 0 bridgehead atoms. The molecular weight excluding hydrogens is 176 g/mol. The lowest BCUT2D eigenvalue weighted by molar-refractivity contribution is 0.345. The average Bonchev–Trinajstić information content (AvgIpc) is 2.03. The van der Waals surface area contributed by atoms with Gasteiger partial charge < -0.3 is 0 Å². The fourth-order valence-electron chi connectivity index (χ4n) is 1.72. The zero-order valence-electron chi connectivity index (χ0n) is 7.07. The van der Waals surface area contributed by atoms with E-state index in [4.69, 9.17) is 4.55 Å². The molecule has 0 aromatic heterocycles. The molecule has 0 spiro atoms. The molecule has 1 fully saturated rings. The van der Waals surface area contributed by atoms with Crippen molar-refractivity contribution in [3.8, 4) is 0 Å². The molecule has 0 amide bonds. The molecule has 0 aromatic rings. The van der Waals surface area contributed by atoms with Crippen LogP contribution in [0, 0.1) is 12.8 Å². The molecule has 1 N–H and O–H groups in total. The number of hydrogen-bond acceptors (Lipinski definition) is 2. The molecule has 71 valence electrons. The Morgan fingerprint density at radius 3 is 2.08 bits per heavy atom. The van der Waals surface area contributed by atoms with Crippen molar-refractivity contribution in [3.05, 3.63) is 6.92 Å². The molecule has 1 aliphatic carbocycles. The Bertz CT molecular complexity index is 225. The van der Waals surface area contributed by atoms with Crippen molar-refractivity contribution in [2.75, 3.05) is 0 Å². The summed E-state index contributed by atoms with van der Waals surface area (Å²) in [5.41, 5.74) is 0. The molecular formula is C8H15O3S. The van der Waals surface area contributed by atoms with E-state index in [2.05, 4.69) is 6.92 Å². The summed E-state index contributed by atoms with van der Waals surface area (Å²) in [7, 11) is -3.78. The lowest BCUT2D eigenvalue weighted by Gasteiger charge is -2.25. The topological polar surface area (TPSA) is 54.4 Å². The molecule has 1 aliphatic rings. The molecule has 3 nitrogen and oxygen atoms in total. The number of rotatable bonds is 2. The lowest BCUT2D eigenvalue weighted by atomic mass is 9.87. The van der Waals surface area contributed by atoms with Gasteiger partial charge in [0.2, 0.25) is 0 Å². The highest BCUT2D eigenvalue weighted by Gasteiger charge is 2.28. The van der Waals surface area contributed by atoms with Crippen LogP contribution in [0.3, 0.4) is 0 Å². The maximum atomic E-state index is 10.7. The van der Waals surface area contributed by atoms with E-state index < -0.39 is 15.4 Å². The number of hydrogen-bond donors (Lipinski definition) is 1. The Kier molecular flexibility index (Phi) is 3.12. The molecule has 0 unspecified atom stereocenters. The molecule has 12 heavy (non-hydrogen) atoms. The minimum atomic E-state index is -3.78. The second-order valence-electron chi connectivity index (χ2n) is 3.45. The summed E-state index contributed by atoms with van der Waals surface area (Å²) < 4.78 is 30.2. The van der Waals surface area contributed by atoms with Crippen molar-refractivity contribution in [2.24, 2.45) is 5.92 Å². The monoisotopic (exact) mass is 191 g/mol. The van der Waals surface area contributed by atoms with Crippen LogP contribution >= 0.6 is 0 Å². The van der Waals surface area contributed by atoms with Gasteiger partial charge in [-0.3, -0.25) is 4.55 Å². The van der Waals surface area contributed by atoms with Crippen molar-refractivity contribution in [1.29, 1.82) is 0 Å². The third-order valence-corrected chi connectivity index (χ3v) is 3.94. The predicted molar refractivity (Wildman–Crippen MR) is 47.3 cm³/mol. The summed E-state index contributed by atoms with van der Waals surface area (Å²) in [5.74, 6) is 0.558. The zero-order chi connectivity index (χ0) is 9.19. The van der Waals surface area contributed by atoms with Crippen LogP contribution in [0.4, 0.5) is 0 Å². The van der Waals surface area contributed by atoms with Crippen LogP contribution in [0.2, 0.25) is 0 Å². The van der Waals surface area contributed by atoms with E-state index in [9.17, 15) is 8.42 Å². The van der Waals surface area contributed by atoms with Crippen LogP contribution in [0.5, 0.6) is 0 Å². The molecule has 1 saturated carbocycles. The van der Waals surface area contributed by atoms with Gasteiger partial charge in [0.25, 0.3) is 10.1 Å². The Hall–Kier alpha value is -0.0900. The normalized spacial score (nSPS) is 31.8.